The molecule has 1 aliphatic rings. The van der Waals surface area contributed by atoms with Crippen molar-refractivity contribution >= 4 is 50.1 Å². The molecule has 1 heterocycles. The van der Waals surface area contributed by atoms with Crippen LogP contribution in [0.1, 0.15) is 24.0 Å². The molecule has 190 valence electrons. The summed E-state index contributed by atoms with van der Waals surface area (Å²) in [7, 11) is -4.23. The Labute approximate surface area is 213 Å². The van der Waals surface area contributed by atoms with Crippen LogP contribution in [0.15, 0.2) is 71.6 Å². The van der Waals surface area contributed by atoms with Gasteiger partial charge in [0, 0.05) is 30.2 Å². The van der Waals surface area contributed by atoms with E-state index < -0.39 is 21.8 Å². The van der Waals surface area contributed by atoms with Gasteiger partial charge in [0.25, 0.3) is 10.0 Å². The van der Waals surface area contributed by atoms with Gasteiger partial charge in [0.1, 0.15) is 4.90 Å². The topological polar surface area (TPSA) is 73.5 Å². The summed E-state index contributed by atoms with van der Waals surface area (Å²) in [5, 5.41) is 6.30. The third-order valence-corrected chi connectivity index (χ3v) is 7.32. The van der Waals surface area contributed by atoms with Crippen molar-refractivity contribution in [3.05, 3.63) is 77.9 Å². The lowest BCUT2D eigenvalue weighted by molar-refractivity contribution is -0.137. The molecule has 0 unspecified atom stereocenters. The fourth-order valence-corrected chi connectivity index (χ4v) is 5.46. The molecule has 3 aromatic carbocycles. The van der Waals surface area contributed by atoms with Crippen LogP contribution < -0.4 is 20.3 Å². The number of halogens is 3. The van der Waals surface area contributed by atoms with Gasteiger partial charge in [-0.05, 0) is 80.5 Å². The zero-order chi connectivity index (χ0) is 25.9. The molecule has 0 atom stereocenters. The highest BCUT2D eigenvalue weighted by Gasteiger charge is 2.31. The molecular weight excluding hydrogens is 509 g/mol. The molecule has 0 aromatic heterocycles. The summed E-state index contributed by atoms with van der Waals surface area (Å²) in [5.74, 6) is 0. The van der Waals surface area contributed by atoms with Crippen LogP contribution in [0.4, 0.5) is 35.9 Å². The fourth-order valence-electron chi connectivity index (χ4n) is 3.93. The molecule has 4 rings (SSSR count). The Hall–Kier alpha value is -3.31. The molecular formula is C25H25F3N4O2S2. The number of anilines is 4. The number of rotatable bonds is 6. The third-order valence-electron chi connectivity index (χ3n) is 5.71. The highest BCUT2D eigenvalue weighted by atomic mass is 32.2. The predicted molar refractivity (Wildman–Crippen MR) is 141 cm³/mol. The maximum Gasteiger partial charge on any atom is 0.416 e. The number of hydrogen-bond donors (Lipinski definition) is 3. The lowest BCUT2D eigenvalue weighted by Crippen LogP contribution is -2.24. The van der Waals surface area contributed by atoms with Crippen LogP contribution in [0.2, 0.25) is 0 Å². The highest BCUT2D eigenvalue weighted by molar-refractivity contribution is 7.93. The number of hydrogen-bond acceptors (Lipinski definition) is 4. The molecule has 1 saturated heterocycles. The molecule has 3 N–H and O–H groups in total. The minimum atomic E-state index is -4.59. The van der Waals surface area contributed by atoms with Gasteiger partial charge in [0.2, 0.25) is 0 Å². The number of aryl methyl sites for hydroxylation is 1. The Morgan fingerprint density at radius 2 is 1.53 bits per heavy atom. The van der Waals surface area contributed by atoms with E-state index in [0.717, 1.165) is 42.3 Å². The van der Waals surface area contributed by atoms with Crippen LogP contribution in [0.5, 0.6) is 0 Å². The molecule has 36 heavy (non-hydrogen) atoms. The summed E-state index contributed by atoms with van der Waals surface area (Å²) >= 11 is 5.38. The monoisotopic (exact) mass is 534 g/mol. The molecule has 0 radical (unpaired) electrons. The molecule has 3 aromatic rings. The highest BCUT2D eigenvalue weighted by Crippen LogP contribution is 2.34. The number of alkyl halides is 3. The van der Waals surface area contributed by atoms with Crippen molar-refractivity contribution in [1.82, 2.24) is 0 Å². The average molecular weight is 535 g/mol. The molecule has 0 spiro atoms. The van der Waals surface area contributed by atoms with Crippen LogP contribution in [0.25, 0.3) is 0 Å². The summed E-state index contributed by atoms with van der Waals surface area (Å²) in [4.78, 5) is 1.90. The van der Waals surface area contributed by atoms with Crippen molar-refractivity contribution in [2.24, 2.45) is 0 Å². The lowest BCUT2D eigenvalue weighted by Gasteiger charge is -2.23. The van der Waals surface area contributed by atoms with Crippen molar-refractivity contribution in [3.63, 3.8) is 0 Å². The second-order valence-electron chi connectivity index (χ2n) is 8.51. The van der Waals surface area contributed by atoms with Crippen LogP contribution >= 0.6 is 12.2 Å². The minimum Gasteiger partial charge on any atom is -0.370 e. The van der Waals surface area contributed by atoms with Gasteiger partial charge in [0.15, 0.2) is 5.11 Å². The van der Waals surface area contributed by atoms with E-state index >= 15 is 0 Å². The Morgan fingerprint density at radius 3 is 2.19 bits per heavy atom. The molecule has 0 amide bonds. The first kappa shape index (κ1) is 25.8. The van der Waals surface area contributed by atoms with Crippen LogP contribution in [0.3, 0.4) is 0 Å². The molecule has 11 heteroatoms. The van der Waals surface area contributed by atoms with Crippen molar-refractivity contribution in [2.75, 3.05) is 33.3 Å². The summed E-state index contributed by atoms with van der Waals surface area (Å²) in [6, 6.07) is 16.6. The Bertz CT molecular complexity index is 1350. The van der Waals surface area contributed by atoms with Gasteiger partial charge < -0.3 is 15.5 Å². The van der Waals surface area contributed by atoms with E-state index in [2.05, 4.69) is 15.4 Å². The maximum atomic E-state index is 13.4. The zero-order valence-electron chi connectivity index (χ0n) is 19.4. The number of nitrogens with one attached hydrogen (secondary N) is 3. The largest absolute Gasteiger partial charge is 0.416 e. The van der Waals surface area contributed by atoms with Crippen molar-refractivity contribution in [3.8, 4) is 0 Å². The second kappa shape index (κ2) is 10.4. The van der Waals surface area contributed by atoms with E-state index in [1.807, 2.05) is 36.1 Å². The third kappa shape index (κ3) is 6.27. The van der Waals surface area contributed by atoms with E-state index in [1.54, 1.807) is 12.1 Å². The van der Waals surface area contributed by atoms with Gasteiger partial charge in [-0.1, -0.05) is 23.8 Å². The minimum absolute atomic E-state index is 0.0510. The van der Waals surface area contributed by atoms with Gasteiger partial charge in [-0.3, -0.25) is 4.72 Å². The lowest BCUT2D eigenvalue weighted by atomic mass is 10.2. The van der Waals surface area contributed by atoms with E-state index in [-0.39, 0.29) is 15.7 Å². The van der Waals surface area contributed by atoms with Crippen LogP contribution in [-0.4, -0.2) is 26.6 Å². The first-order valence-corrected chi connectivity index (χ1v) is 13.1. The molecule has 0 saturated carbocycles. The van der Waals surface area contributed by atoms with Crippen molar-refractivity contribution in [2.45, 2.75) is 30.8 Å². The predicted octanol–water partition coefficient (Wildman–Crippen LogP) is 6.22. The normalized spacial score (nSPS) is 13.9. The summed E-state index contributed by atoms with van der Waals surface area (Å²) in [6.07, 6.45) is -2.75. The van der Waals surface area contributed by atoms with Gasteiger partial charge in [0.05, 0.1) is 11.3 Å². The van der Waals surface area contributed by atoms with E-state index in [0.29, 0.717) is 24.5 Å². The smallest absolute Gasteiger partial charge is 0.370 e. The molecule has 6 nitrogen and oxygen atoms in total. The Kier molecular flexibility index (Phi) is 7.41. The Balaban J connectivity index is 1.62. The summed E-state index contributed by atoms with van der Waals surface area (Å²) < 4.78 is 68.5. The molecule has 0 aliphatic carbocycles. The van der Waals surface area contributed by atoms with Gasteiger partial charge in [-0.15, -0.1) is 0 Å². The number of sulfonamides is 1. The van der Waals surface area contributed by atoms with E-state index in [9.17, 15) is 21.6 Å². The number of benzene rings is 3. The molecule has 0 bridgehead atoms. The van der Waals surface area contributed by atoms with Gasteiger partial charge >= 0.3 is 6.18 Å². The van der Waals surface area contributed by atoms with Crippen molar-refractivity contribution in [1.29, 1.82) is 0 Å². The second-order valence-corrected chi connectivity index (χ2v) is 10.6. The van der Waals surface area contributed by atoms with Crippen LogP contribution in [0, 0.1) is 6.92 Å². The van der Waals surface area contributed by atoms with Gasteiger partial charge in [-0.25, -0.2) is 8.42 Å². The number of nitrogens with zero attached hydrogens (tertiary/aromatic N) is 1. The summed E-state index contributed by atoms with van der Waals surface area (Å²) in [5.41, 5.74) is 1.66. The maximum absolute atomic E-state index is 13.4. The average Bonchev–Trinajstić information content (AvgIpc) is 3.35. The standard InChI is InChI=1S/C25H25F3N4O2S2/c1-17-7-9-19(10-8-17)29-24(35)30-20-11-12-22(32-13-2-3-14-32)23(16-20)36(33,34)31-21-6-4-5-18(15-21)25(26,27)28/h4-12,15-16,31H,2-3,13-14H2,1H3,(H2,29,30,35). The van der Waals surface area contributed by atoms with Crippen LogP contribution in [-0.2, 0) is 16.2 Å². The first-order chi connectivity index (χ1) is 17.0. The SMILES string of the molecule is Cc1ccc(NC(=S)Nc2ccc(N3CCCC3)c(S(=O)(=O)Nc3cccc(C(F)(F)F)c3)c2)cc1. The Morgan fingerprint density at radius 1 is 0.889 bits per heavy atom. The fraction of sp³-hybridized carbons (Fsp3) is 0.240. The molecule has 1 fully saturated rings. The van der Waals surface area contributed by atoms with Gasteiger partial charge in [-0.2, -0.15) is 13.2 Å². The van der Waals surface area contributed by atoms with E-state index in [4.69, 9.17) is 12.2 Å². The quantitative estimate of drug-likeness (QED) is 0.326. The van der Waals surface area contributed by atoms with Crippen molar-refractivity contribution < 1.29 is 21.6 Å². The van der Waals surface area contributed by atoms with E-state index in [1.165, 1.54) is 12.1 Å². The summed E-state index contributed by atoms with van der Waals surface area (Å²) in [6.45, 7) is 3.34. The zero-order valence-corrected chi connectivity index (χ0v) is 21.0. The molecule has 1 aliphatic heterocycles. The first-order valence-electron chi connectivity index (χ1n) is 11.2. The number of thiocarbonyl (C=S) groups is 1.